The number of aromatic nitrogens is 12. The largest absolute Gasteiger partial charge is 0.495 e. The van der Waals surface area contributed by atoms with Gasteiger partial charge >= 0.3 is 0 Å². The van der Waals surface area contributed by atoms with Gasteiger partial charge in [-0.2, -0.15) is 15.3 Å². The van der Waals surface area contributed by atoms with Crippen LogP contribution in [0.2, 0.25) is 15.1 Å². The van der Waals surface area contributed by atoms with Crippen molar-refractivity contribution in [2.75, 3.05) is 52.6 Å². The maximum atomic E-state index is 15.0. The van der Waals surface area contributed by atoms with Crippen molar-refractivity contribution in [1.82, 2.24) is 64.1 Å². The first kappa shape index (κ1) is 72.1. The first-order valence-corrected chi connectivity index (χ1v) is 38.6. The van der Waals surface area contributed by atoms with Crippen LogP contribution in [0.25, 0.3) is 66.9 Å². The molecule has 0 atom stereocenters. The Morgan fingerprint density at radius 1 is 0.481 bits per heavy atom. The number of benzene rings is 6. The van der Waals surface area contributed by atoms with E-state index >= 15 is 4.39 Å². The molecule has 3 fully saturated rings. The Kier molecular flexibility index (Phi) is 20.7. The molecule has 34 heteroatoms. The monoisotopic (exact) mass is 1520 g/mol. The van der Waals surface area contributed by atoms with Crippen LogP contribution >= 0.6 is 34.8 Å². The lowest BCUT2D eigenvalue weighted by molar-refractivity contribution is 0.0827. The van der Waals surface area contributed by atoms with Crippen LogP contribution in [0.3, 0.4) is 0 Å². The number of methoxy groups -OCH3 is 1. The van der Waals surface area contributed by atoms with E-state index in [9.17, 15) is 30.0 Å². The molecule has 15 rings (SSSR count). The highest BCUT2D eigenvalue weighted by Gasteiger charge is 2.31. The van der Waals surface area contributed by atoms with Gasteiger partial charge in [-0.05, 0) is 123 Å². The van der Waals surface area contributed by atoms with Crippen molar-refractivity contribution in [1.29, 1.82) is 0 Å². The van der Waals surface area contributed by atoms with Gasteiger partial charge in [-0.15, -0.1) is 0 Å². The first-order chi connectivity index (χ1) is 49.9. The van der Waals surface area contributed by atoms with E-state index in [4.69, 9.17) is 72.0 Å². The van der Waals surface area contributed by atoms with Crippen LogP contribution in [0.15, 0.2) is 161 Å². The molecule has 3 aliphatic carbocycles. The number of rotatable bonds is 17. The van der Waals surface area contributed by atoms with E-state index in [0.29, 0.717) is 89.8 Å². The average Bonchev–Trinajstić information content (AvgIpc) is 1.61. The lowest BCUT2D eigenvalue weighted by Gasteiger charge is -2.14. The summed E-state index contributed by atoms with van der Waals surface area (Å²) in [7, 11) is -7.21. The lowest BCUT2D eigenvalue weighted by Crippen LogP contribution is -2.21. The maximum absolute atomic E-state index is 15.0. The van der Waals surface area contributed by atoms with Crippen LogP contribution < -0.4 is 36.1 Å². The molecule has 0 bridgehead atoms. The third-order valence-corrected chi connectivity index (χ3v) is 23.8. The number of fused-ring (bicyclic) bond motifs is 3. The number of anilines is 6. The molecule has 9 N–H and O–H groups in total. The normalized spacial score (nSPS) is 14.5. The fourth-order valence-electron chi connectivity index (χ4n) is 13.2. The van der Waals surface area contributed by atoms with Gasteiger partial charge in [0, 0.05) is 36.3 Å². The minimum absolute atomic E-state index is 0.0187. The number of nitrogens with two attached hydrogens (primary N) is 3. The average molecular weight is 1530 g/mol. The fourth-order valence-corrected chi connectivity index (χ4v) is 17.7. The molecule has 1 amide bonds. The van der Waals surface area contributed by atoms with Crippen molar-refractivity contribution in [3.63, 3.8) is 0 Å². The molecule has 0 spiro atoms. The molecular weight excluding hydrogens is 1460 g/mol. The minimum atomic E-state index is -4.07. The Morgan fingerprint density at radius 3 is 1.25 bits per heavy atom. The second kappa shape index (κ2) is 29.8. The van der Waals surface area contributed by atoms with E-state index in [2.05, 4.69) is 44.1 Å². The molecule has 6 heterocycles. The number of nitrogen functional groups attached to an aromatic ring is 3. The van der Waals surface area contributed by atoms with Crippen LogP contribution in [0.4, 0.5) is 38.9 Å². The summed E-state index contributed by atoms with van der Waals surface area (Å²) in [5.74, 6) is 0.246. The standard InChI is InChI=1S/C26H29N7O4S.C22H20Cl2N6O2S.C22H20ClFN6O2S/c1-32(2)26(34)16-8-11-19(12-9-16)38(35,36)31-20-13-10-17(14-21(20)37-3)23-22-24(27)28-15-29-25(22)33(30-23)18-6-4-5-7-18;2*23-15-7-3-4-8-18(15)33(31,32)29-17-10-9-13(11-16(17)24)20-19-21(25)26-12-27-22(19)30(28-20)14-5-1-2-6-14/h8-15,18,31H,4-7H2,1-3H3,(H2,27,28,29);2*3-4,7-12,14,29H,1-2,5-6H2,(H2,25,26,27). The molecule has 27 nitrogen and oxygen atoms in total. The van der Waals surface area contributed by atoms with Gasteiger partial charge in [0.25, 0.3) is 36.0 Å². The maximum Gasteiger partial charge on any atom is 0.263 e. The minimum Gasteiger partial charge on any atom is -0.495 e. The Labute approximate surface area is 612 Å². The molecule has 538 valence electrons. The van der Waals surface area contributed by atoms with E-state index in [1.807, 2.05) is 14.0 Å². The first-order valence-electron chi connectivity index (χ1n) is 33.0. The summed E-state index contributed by atoms with van der Waals surface area (Å²) >= 11 is 18.5. The molecule has 0 radical (unpaired) electrons. The predicted octanol–water partition coefficient (Wildman–Crippen LogP) is 13.8. The van der Waals surface area contributed by atoms with Gasteiger partial charge in [0.05, 0.1) is 78.4 Å². The van der Waals surface area contributed by atoms with Gasteiger partial charge in [0.2, 0.25) is 0 Å². The zero-order valence-corrected chi connectivity index (χ0v) is 60.8. The van der Waals surface area contributed by atoms with Crippen LogP contribution in [-0.4, -0.2) is 117 Å². The quantitative estimate of drug-likeness (QED) is 0.0493. The summed E-state index contributed by atoms with van der Waals surface area (Å²) in [6.45, 7) is 0. The third kappa shape index (κ3) is 14.7. The van der Waals surface area contributed by atoms with Crippen molar-refractivity contribution in [3.05, 3.63) is 173 Å². The van der Waals surface area contributed by atoms with E-state index in [1.54, 1.807) is 74.8 Å². The molecule has 6 aromatic carbocycles. The van der Waals surface area contributed by atoms with E-state index in [0.717, 1.165) is 77.0 Å². The lowest BCUT2D eigenvalue weighted by atomic mass is 10.1. The van der Waals surface area contributed by atoms with E-state index < -0.39 is 35.9 Å². The van der Waals surface area contributed by atoms with Gasteiger partial charge in [-0.25, -0.2) is 73.6 Å². The number of nitrogens with zero attached hydrogens (tertiary/aromatic N) is 13. The van der Waals surface area contributed by atoms with Gasteiger partial charge in [-0.1, -0.05) is 116 Å². The smallest absolute Gasteiger partial charge is 0.263 e. The molecule has 104 heavy (non-hydrogen) atoms. The van der Waals surface area contributed by atoms with Crippen molar-refractivity contribution in [2.24, 2.45) is 0 Å². The molecule has 6 aromatic heterocycles. The predicted molar refractivity (Wildman–Crippen MR) is 399 cm³/mol. The number of nitrogens with one attached hydrogen (secondary N) is 3. The van der Waals surface area contributed by atoms with Crippen molar-refractivity contribution in [2.45, 2.75) is 110 Å². The highest BCUT2D eigenvalue weighted by molar-refractivity contribution is 7.93. The summed E-state index contributed by atoms with van der Waals surface area (Å²) in [6.07, 6.45) is 17.1. The molecule has 3 saturated carbocycles. The highest BCUT2D eigenvalue weighted by Crippen LogP contribution is 2.43. The molecule has 0 saturated heterocycles. The molecule has 0 aliphatic heterocycles. The van der Waals surface area contributed by atoms with Crippen LogP contribution in [-0.2, 0) is 30.1 Å². The van der Waals surface area contributed by atoms with Crippen molar-refractivity contribution in [3.8, 4) is 39.5 Å². The number of hydrogen-bond donors (Lipinski definition) is 6. The Bertz CT molecular complexity index is 5410. The van der Waals surface area contributed by atoms with Crippen molar-refractivity contribution >= 4 is 138 Å². The zero-order valence-electron chi connectivity index (χ0n) is 56.1. The second-order valence-electron chi connectivity index (χ2n) is 25.3. The number of amides is 1. The molecular formula is C70H69Cl3FN19O8S3. The number of sulfonamides is 3. The van der Waals surface area contributed by atoms with Gasteiger partial charge in [-0.3, -0.25) is 19.0 Å². The van der Waals surface area contributed by atoms with E-state index in [-0.39, 0.29) is 76.7 Å². The SMILES string of the molecule is COc1cc(-c2nn(C3CCCC3)c3ncnc(N)c23)ccc1NS(=O)(=O)c1ccc(C(=O)N(C)C)cc1.Nc1ncnc2c1c(-c1ccc(NS(=O)(=O)c3ccccc3Cl)c(Cl)c1)nn2C1CCCC1.Nc1ncnc2c1c(-c1ccc(NS(=O)(=O)c3ccccc3Cl)c(F)c1)nn2C1CCCC1. The number of halogens is 4. The van der Waals surface area contributed by atoms with Crippen molar-refractivity contribution < 1.29 is 39.2 Å². The van der Waals surface area contributed by atoms with Gasteiger partial charge in [0.15, 0.2) is 16.9 Å². The van der Waals surface area contributed by atoms with Crippen LogP contribution in [0, 0.1) is 5.82 Å². The molecule has 3 aliphatic rings. The Hall–Kier alpha value is -10.3. The zero-order chi connectivity index (χ0) is 73.4. The number of carbonyl (C=O) groups is 1. The highest BCUT2D eigenvalue weighted by atomic mass is 35.5. The number of hydrogen-bond acceptors (Lipinski definition) is 20. The Balaban J connectivity index is 0.000000139. The van der Waals surface area contributed by atoms with E-state index in [1.165, 1.54) is 97.7 Å². The Morgan fingerprint density at radius 2 is 0.856 bits per heavy atom. The summed E-state index contributed by atoms with van der Waals surface area (Å²) < 4.78 is 111. The third-order valence-electron chi connectivity index (χ3n) is 18.3. The second-order valence-corrected chi connectivity index (χ2v) is 31.5. The number of ether oxygens (including phenoxy) is 1. The summed E-state index contributed by atoms with van der Waals surface area (Å²) in [5.41, 5.74) is 24.7. The summed E-state index contributed by atoms with van der Waals surface area (Å²) in [4.78, 5) is 39.1. The molecule has 12 aromatic rings. The topological polar surface area (TPSA) is 377 Å². The van der Waals surface area contributed by atoms with Crippen LogP contribution in [0.1, 0.15) is 106 Å². The summed E-state index contributed by atoms with van der Waals surface area (Å²) in [5, 5.41) is 16.7. The van der Waals surface area contributed by atoms with Gasteiger partial charge < -0.3 is 26.8 Å². The summed E-state index contributed by atoms with van der Waals surface area (Å²) in [6, 6.07) is 32.8. The molecule has 0 unspecified atom stereocenters. The van der Waals surface area contributed by atoms with Gasteiger partial charge in [0.1, 0.15) is 74.9 Å². The van der Waals surface area contributed by atoms with Crippen LogP contribution in [0.5, 0.6) is 5.75 Å². The number of carbonyl (C=O) groups excluding carboxylic acids is 1. The fraction of sp³-hybridized carbons (Fsp3) is 0.257.